The lowest BCUT2D eigenvalue weighted by Crippen LogP contribution is -2.52. The van der Waals surface area contributed by atoms with Gasteiger partial charge in [0, 0.05) is 11.4 Å². The maximum Gasteiger partial charge on any atom is 0.239 e. The first kappa shape index (κ1) is 17.1. The Kier molecular flexibility index (Phi) is 5.03. The largest absolute Gasteiger partial charge is 0.350 e. The second-order valence-corrected chi connectivity index (χ2v) is 8.97. The molecule has 128 valence electrons. The number of nitrogens with zero attached hydrogens (tertiary/aromatic N) is 1. The Morgan fingerprint density at radius 1 is 1.25 bits per heavy atom. The van der Waals surface area contributed by atoms with E-state index in [2.05, 4.69) is 5.32 Å². The lowest BCUT2D eigenvalue weighted by atomic mass is 9.95. The fraction of sp³-hybridized carbons (Fsp3) is 0.353. The van der Waals surface area contributed by atoms with Crippen molar-refractivity contribution in [3.05, 3.63) is 57.8 Å². The van der Waals surface area contributed by atoms with Gasteiger partial charge in [-0.15, -0.1) is 11.3 Å². The summed E-state index contributed by atoms with van der Waals surface area (Å²) in [6.45, 7) is 2.29. The minimum Gasteiger partial charge on any atom is -0.350 e. The number of fused-ring (bicyclic) bond motifs is 1. The van der Waals surface area contributed by atoms with E-state index in [1.54, 1.807) is 18.3 Å². The molecule has 1 atom stereocenters. The van der Waals surface area contributed by atoms with Crippen molar-refractivity contribution in [1.29, 1.82) is 0 Å². The summed E-state index contributed by atoms with van der Waals surface area (Å²) in [6.07, 6.45) is 0.408. The molecule has 5 nitrogen and oxygen atoms in total. The summed E-state index contributed by atoms with van der Waals surface area (Å²) in [5, 5.41) is 4.83. The third-order valence-corrected chi connectivity index (χ3v) is 6.95. The molecule has 1 aromatic carbocycles. The Hall–Kier alpha value is -1.70. The van der Waals surface area contributed by atoms with Gasteiger partial charge in [0.05, 0.1) is 12.3 Å². The van der Waals surface area contributed by atoms with E-state index in [0.717, 1.165) is 16.0 Å². The number of benzene rings is 1. The van der Waals surface area contributed by atoms with Crippen LogP contribution in [0.5, 0.6) is 0 Å². The molecule has 0 spiro atoms. The molecule has 1 aromatic heterocycles. The van der Waals surface area contributed by atoms with Crippen LogP contribution in [0.4, 0.5) is 0 Å². The van der Waals surface area contributed by atoms with E-state index in [1.165, 1.54) is 4.31 Å². The molecular weight excluding hydrogens is 344 g/mol. The predicted molar refractivity (Wildman–Crippen MR) is 95.1 cm³/mol. The van der Waals surface area contributed by atoms with Crippen molar-refractivity contribution in [3.8, 4) is 0 Å². The Bertz CT molecular complexity index is 816. The number of carbonyl (C=O) groups excluding carboxylic acids is 1. The molecule has 1 N–H and O–H groups in total. The topological polar surface area (TPSA) is 66.5 Å². The number of hydrogen-bond acceptors (Lipinski definition) is 4. The Labute approximate surface area is 146 Å². The summed E-state index contributed by atoms with van der Waals surface area (Å²) in [5.74, 6) is -0.251. The lowest BCUT2D eigenvalue weighted by Gasteiger charge is -2.34. The number of carbonyl (C=O) groups is 1. The van der Waals surface area contributed by atoms with Crippen LogP contribution in [0, 0.1) is 0 Å². The number of hydrogen-bond donors (Lipinski definition) is 1. The van der Waals surface area contributed by atoms with Gasteiger partial charge in [0.2, 0.25) is 15.9 Å². The summed E-state index contributed by atoms with van der Waals surface area (Å²) in [4.78, 5) is 13.7. The van der Waals surface area contributed by atoms with Gasteiger partial charge in [0.25, 0.3) is 0 Å². The summed E-state index contributed by atoms with van der Waals surface area (Å²) >= 11 is 1.56. The first-order valence-electron chi connectivity index (χ1n) is 7.87. The average Bonchev–Trinajstić information content (AvgIpc) is 3.12. The van der Waals surface area contributed by atoms with E-state index < -0.39 is 16.1 Å². The normalized spacial score (nSPS) is 18.1. The highest BCUT2D eigenvalue weighted by molar-refractivity contribution is 7.89. The van der Waals surface area contributed by atoms with Gasteiger partial charge >= 0.3 is 0 Å². The molecule has 0 unspecified atom stereocenters. The standard InChI is InChI=1S/C17H20N2O3S2/c1-2-24(21,22)19-12-14-7-4-3-6-13(14)10-16(19)17(20)18-11-15-8-5-9-23-15/h3-9,16H,2,10-12H2,1H3,(H,18,20)/t16-/m0/s1. The van der Waals surface area contributed by atoms with Gasteiger partial charge in [0.1, 0.15) is 6.04 Å². The molecule has 2 heterocycles. The lowest BCUT2D eigenvalue weighted by molar-refractivity contribution is -0.125. The van der Waals surface area contributed by atoms with Crippen LogP contribution >= 0.6 is 11.3 Å². The molecule has 7 heteroatoms. The molecule has 0 radical (unpaired) electrons. The highest BCUT2D eigenvalue weighted by atomic mass is 32.2. The van der Waals surface area contributed by atoms with Gasteiger partial charge in [-0.25, -0.2) is 8.42 Å². The van der Waals surface area contributed by atoms with Gasteiger partial charge < -0.3 is 5.32 Å². The summed E-state index contributed by atoms with van der Waals surface area (Å²) < 4.78 is 26.3. The maximum absolute atomic E-state index is 12.7. The fourth-order valence-electron chi connectivity index (χ4n) is 2.89. The quantitative estimate of drug-likeness (QED) is 0.884. The van der Waals surface area contributed by atoms with Gasteiger partial charge in [-0.1, -0.05) is 30.3 Å². The van der Waals surface area contributed by atoms with Gasteiger partial charge in [-0.2, -0.15) is 4.31 Å². The zero-order valence-corrected chi connectivity index (χ0v) is 15.1. The molecule has 1 amide bonds. The van der Waals surface area contributed by atoms with Crippen molar-refractivity contribution in [2.24, 2.45) is 0 Å². The van der Waals surface area contributed by atoms with Crippen molar-refractivity contribution >= 4 is 27.3 Å². The molecule has 0 saturated carbocycles. The van der Waals surface area contributed by atoms with Crippen LogP contribution in [0.15, 0.2) is 41.8 Å². The number of thiophene rings is 1. The number of nitrogens with one attached hydrogen (secondary N) is 1. The van der Waals surface area contributed by atoms with Crippen molar-refractivity contribution in [2.75, 3.05) is 5.75 Å². The molecule has 24 heavy (non-hydrogen) atoms. The van der Waals surface area contributed by atoms with E-state index in [9.17, 15) is 13.2 Å². The first-order valence-corrected chi connectivity index (χ1v) is 10.4. The highest BCUT2D eigenvalue weighted by Crippen LogP contribution is 2.26. The molecule has 2 aromatic rings. The van der Waals surface area contributed by atoms with E-state index in [1.807, 2.05) is 41.8 Å². The molecule has 0 aliphatic carbocycles. The molecule has 3 rings (SSSR count). The minimum atomic E-state index is -3.46. The van der Waals surface area contributed by atoms with Crippen molar-refractivity contribution in [1.82, 2.24) is 9.62 Å². The monoisotopic (exact) mass is 364 g/mol. The van der Waals surface area contributed by atoms with Crippen LogP contribution in [0.2, 0.25) is 0 Å². The zero-order valence-electron chi connectivity index (χ0n) is 13.4. The van der Waals surface area contributed by atoms with Crippen LogP contribution in [-0.2, 0) is 34.3 Å². The summed E-state index contributed by atoms with van der Waals surface area (Å²) in [6, 6.07) is 10.9. The van der Waals surface area contributed by atoms with E-state index in [4.69, 9.17) is 0 Å². The van der Waals surface area contributed by atoms with Gasteiger partial charge in [-0.3, -0.25) is 4.79 Å². The van der Waals surface area contributed by atoms with E-state index >= 15 is 0 Å². The first-order chi connectivity index (χ1) is 11.5. The number of sulfonamides is 1. The fourth-order valence-corrected chi connectivity index (χ4v) is 4.76. The van der Waals surface area contributed by atoms with Crippen LogP contribution in [0.25, 0.3) is 0 Å². The third kappa shape index (κ3) is 3.53. The van der Waals surface area contributed by atoms with Crippen LogP contribution in [-0.4, -0.2) is 30.4 Å². The Balaban J connectivity index is 1.83. The zero-order chi connectivity index (χ0) is 17.2. The second-order valence-electron chi connectivity index (χ2n) is 5.73. The third-order valence-electron chi connectivity index (χ3n) is 4.25. The maximum atomic E-state index is 12.7. The van der Waals surface area contributed by atoms with Gasteiger partial charge in [-0.05, 0) is 35.9 Å². The molecule has 0 bridgehead atoms. The van der Waals surface area contributed by atoms with Crippen LogP contribution in [0.1, 0.15) is 22.9 Å². The van der Waals surface area contributed by atoms with Gasteiger partial charge in [0.15, 0.2) is 0 Å². The van der Waals surface area contributed by atoms with Crippen molar-refractivity contribution in [3.63, 3.8) is 0 Å². The SMILES string of the molecule is CCS(=O)(=O)N1Cc2ccccc2C[C@H]1C(=O)NCc1cccs1. The second kappa shape index (κ2) is 7.04. The molecular formula is C17H20N2O3S2. The smallest absolute Gasteiger partial charge is 0.239 e. The van der Waals surface area contributed by atoms with E-state index in [0.29, 0.717) is 13.0 Å². The number of rotatable bonds is 5. The van der Waals surface area contributed by atoms with E-state index in [-0.39, 0.29) is 18.2 Å². The molecule has 0 saturated heterocycles. The van der Waals surface area contributed by atoms with Crippen LogP contribution in [0.3, 0.4) is 0 Å². The van der Waals surface area contributed by atoms with Crippen molar-refractivity contribution < 1.29 is 13.2 Å². The molecule has 1 aliphatic rings. The Morgan fingerprint density at radius 3 is 2.67 bits per heavy atom. The highest BCUT2D eigenvalue weighted by Gasteiger charge is 2.37. The Morgan fingerprint density at radius 2 is 2.00 bits per heavy atom. The predicted octanol–water partition coefficient (Wildman–Crippen LogP) is 2.14. The average molecular weight is 364 g/mol. The van der Waals surface area contributed by atoms with Crippen molar-refractivity contribution in [2.45, 2.75) is 32.5 Å². The number of amides is 1. The minimum absolute atomic E-state index is 0.0100. The van der Waals surface area contributed by atoms with Crippen LogP contribution < -0.4 is 5.32 Å². The molecule has 0 fully saturated rings. The summed E-state index contributed by atoms with van der Waals surface area (Å²) in [5.41, 5.74) is 2.01. The summed E-state index contributed by atoms with van der Waals surface area (Å²) in [7, 11) is -3.46. The molecule has 1 aliphatic heterocycles.